The molecule has 0 aliphatic carbocycles. The minimum Gasteiger partial charge on any atom is -0.296 e. The summed E-state index contributed by atoms with van der Waals surface area (Å²) >= 11 is 0. The zero-order chi connectivity index (χ0) is 15.2. The molecule has 2 heterocycles. The number of nitrogens with zero attached hydrogens (tertiary/aromatic N) is 2. The van der Waals surface area contributed by atoms with E-state index in [1.807, 2.05) is 13.0 Å². The monoisotopic (exact) mass is 296 g/mol. The lowest BCUT2D eigenvalue weighted by Crippen LogP contribution is -2.32. The second-order valence-corrected chi connectivity index (χ2v) is 5.55. The van der Waals surface area contributed by atoms with Crippen molar-refractivity contribution in [3.63, 3.8) is 0 Å². The van der Waals surface area contributed by atoms with Crippen LogP contribution in [0.3, 0.4) is 0 Å². The number of benzene rings is 1. The fraction of sp³-hybridized carbons (Fsp3) is 0.467. The van der Waals surface area contributed by atoms with Crippen LogP contribution in [0.25, 0.3) is 10.9 Å². The Morgan fingerprint density at radius 3 is 2.86 bits per heavy atom. The van der Waals surface area contributed by atoms with E-state index in [2.05, 4.69) is 4.98 Å². The average molecular weight is 296 g/mol. The summed E-state index contributed by atoms with van der Waals surface area (Å²) in [5.41, 5.74) is 1.07. The number of aromatic nitrogens is 2. The van der Waals surface area contributed by atoms with Crippen molar-refractivity contribution in [3.05, 3.63) is 39.9 Å². The molecule has 1 atom stereocenters. The molecule has 21 heavy (non-hydrogen) atoms. The Kier molecular flexibility index (Phi) is 3.26. The summed E-state index contributed by atoms with van der Waals surface area (Å²) in [6, 6.07) is 5.26. The van der Waals surface area contributed by atoms with E-state index in [-0.39, 0.29) is 11.4 Å². The molecule has 0 bridgehead atoms. The average Bonchev–Trinajstić information content (AvgIpc) is 2.38. The summed E-state index contributed by atoms with van der Waals surface area (Å²) in [6.45, 7) is 2.26. The number of alkyl halides is 3. The number of fused-ring (bicyclic) bond motifs is 2. The summed E-state index contributed by atoms with van der Waals surface area (Å²) < 4.78 is 39.5. The molecule has 1 aromatic carbocycles. The van der Waals surface area contributed by atoms with Gasteiger partial charge in [0.15, 0.2) is 0 Å². The first-order valence-electron chi connectivity index (χ1n) is 6.93. The van der Waals surface area contributed by atoms with Crippen molar-refractivity contribution in [2.75, 3.05) is 0 Å². The van der Waals surface area contributed by atoms with Crippen molar-refractivity contribution in [1.29, 1.82) is 0 Å². The number of hydrogen-bond acceptors (Lipinski definition) is 2. The Hall–Kier alpha value is -1.85. The number of aryl methyl sites for hydroxylation is 1. The van der Waals surface area contributed by atoms with Crippen LogP contribution in [0.4, 0.5) is 13.2 Å². The second kappa shape index (κ2) is 4.86. The highest BCUT2D eigenvalue weighted by molar-refractivity contribution is 5.81. The van der Waals surface area contributed by atoms with Crippen molar-refractivity contribution >= 4 is 10.9 Å². The van der Waals surface area contributed by atoms with Gasteiger partial charge in [-0.15, -0.1) is 0 Å². The van der Waals surface area contributed by atoms with Crippen LogP contribution in [0.2, 0.25) is 0 Å². The standard InChI is InChI=1S/C15H15F3N2O/c1-9-4-2-6-11-12(9)14(21)20-7-3-5-10(13(20)19-11)8-15(16,17)18/h2,4,6,10H,3,5,7-8H2,1H3. The summed E-state index contributed by atoms with van der Waals surface area (Å²) in [5, 5.41) is 0.508. The summed E-state index contributed by atoms with van der Waals surface area (Å²) in [5.74, 6) is -0.446. The molecular formula is C15H15F3N2O. The van der Waals surface area contributed by atoms with Crippen LogP contribution in [0.5, 0.6) is 0 Å². The predicted molar refractivity (Wildman–Crippen MR) is 73.4 cm³/mol. The Balaban J connectivity index is 2.20. The van der Waals surface area contributed by atoms with E-state index >= 15 is 0 Å². The minimum atomic E-state index is -4.24. The Morgan fingerprint density at radius 2 is 2.14 bits per heavy atom. The van der Waals surface area contributed by atoms with E-state index in [9.17, 15) is 18.0 Å². The molecule has 1 aliphatic heterocycles. The summed E-state index contributed by atoms with van der Waals surface area (Å²) in [7, 11) is 0. The molecule has 1 aliphatic rings. The summed E-state index contributed by atoms with van der Waals surface area (Å²) in [6.07, 6.45) is -4.17. The summed E-state index contributed by atoms with van der Waals surface area (Å²) in [4.78, 5) is 16.9. The van der Waals surface area contributed by atoms with Gasteiger partial charge in [0.2, 0.25) is 0 Å². The minimum absolute atomic E-state index is 0.222. The Morgan fingerprint density at radius 1 is 1.38 bits per heavy atom. The highest BCUT2D eigenvalue weighted by atomic mass is 19.4. The number of hydrogen-bond donors (Lipinski definition) is 0. The van der Waals surface area contributed by atoms with Crippen molar-refractivity contribution in [1.82, 2.24) is 9.55 Å². The molecule has 3 rings (SSSR count). The van der Waals surface area contributed by atoms with Gasteiger partial charge in [-0.25, -0.2) is 4.98 Å². The van der Waals surface area contributed by atoms with E-state index in [4.69, 9.17) is 0 Å². The molecule has 0 N–H and O–H groups in total. The van der Waals surface area contributed by atoms with Crippen LogP contribution in [0.1, 0.15) is 36.6 Å². The molecule has 1 unspecified atom stereocenters. The van der Waals surface area contributed by atoms with E-state index in [1.165, 1.54) is 4.57 Å². The van der Waals surface area contributed by atoms with Gasteiger partial charge in [-0.3, -0.25) is 9.36 Å². The van der Waals surface area contributed by atoms with Gasteiger partial charge >= 0.3 is 6.18 Å². The SMILES string of the molecule is Cc1cccc2nc3n(c(=O)c12)CCCC3CC(F)(F)F. The third-order valence-electron chi connectivity index (χ3n) is 4.00. The molecule has 3 nitrogen and oxygen atoms in total. The van der Waals surface area contributed by atoms with Gasteiger partial charge in [-0.05, 0) is 31.4 Å². The van der Waals surface area contributed by atoms with E-state index in [1.54, 1.807) is 12.1 Å². The Labute approximate surface area is 119 Å². The normalized spacial score (nSPS) is 18.8. The van der Waals surface area contributed by atoms with Gasteiger partial charge in [-0.1, -0.05) is 12.1 Å². The number of halogens is 3. The molecule has 1 aromatic heterocycles. The van der Waals surface area contributed by atoms with Crippen LogP contribution in [-0.4, -0.2) is 15.7 Å². The highest BCUT2D eigenvalue weighted by Crippen LogP contribution is 2.36. The second-order valence-electron chi connectivity index (χ2n) is 5.55. The van der Waals surface area contributed by atoms with Gasteiger partial charge in [-0.2, -0.15) is 13.2 Å². The van der Waals surface area contributed by atoms with E-state index < -0.39 is 18.5 Å². The first kappa shape index (κ1) is 14.1. The van der Waals surface area contributed by atoms with Crippen molar-refractivity contribution < 1.29 is 13.2 Å². The predicted octanol–water partition coefficient (Wildman–Crippen LogP) is 3.53. The fourth-order valence-electron chi connectivity index (χ4n) is 3.07. The lowest BCUT2D eigenvalue weighted by atomic mass is 9.94. The van der Waals surface area contributed by atoms with Crippen molar-refractivity contribution in [2.24, 2.45) is 0 Å². The molecule has 112 valence electrons. The van der Waals surface area contributed by atoms with Gasteiger partial charge < -0.3 is 0 Å². The van der Waals surface area contributed by atoms with Crippen LogP contribution >= 0.6 is 0 Å². The molecule has 0 saturated heterocycles. The first-order valence-corrected chi connectivity index (χ1v) is 6.93. The molecular weight excluding hydrogens is 281 g/mol. The van der Waals surface area contributed by atoms with Crippen molar-refractivity contribution in [2.45, 2.75) is 44.8 Å². The maximum atomic E-state index is 12.7. The van der Waals surface area contributed by atoms with Crippen LogP contribution in [0.15, 0.2) is 23.0 Å². The topological polar surface area (TPSA) is 34.9 Å². The van der Waals surface area contributed by atoms with Crippen LogP contribution in [-0.2, 0) is 6.54 Å². The third-order valence-corrected chi connectivity index (χ3v) is 4.00. The molecule has 0 spiro atoms. The maximum Gasteiger partial charge on any atom is 0.389 e. The largest absolute Gasteiger partial charge is 0.389 e. The molecule has 2 aromatic rings. The van der Waals surface area contributed by atoms with Crippen LogP contribution < -0.4 is 5.56 Å². The zero-order valence-electron chi connectivity index (χ0n) is 11.6. The van der Waals surface area contributed by atoms with Crippen molar-refractivity contribution in [3.8, 4) is 0 Å². The highest BCUT2D eigenvalue weighted by Gasteiger charge is 2.36. The van der Waals surface area contributed by atoms with Gasteiger partial charge in [0.25, 0.3) is 5.56 Å². The maximum absolute atomic E-state index is 12.7. The Bertz CT molecular complexity index is 749. The van der Waals surface area contributed by atoms with Gasteiger partial charge in [0.05, 0.1) is 17.3 Å². The smallest absolute Gasteiger partial charge is 0.296 e. The molecule has 0 fully saturated rings. The lowest BCUT2D eigenvalue weighted by Gasteiger charge is -2.27. The van der Waals surface area contributed by atoms with Gasteiger partial charge in [0.1, 0.15) is 5.82 Å². The zero-order valence-corrected chi connectivity index (χ0v) is 11.6. The van der Waals surface area contributed by atoms with E-state index in [0.29, 0.717) is 30.3 Å². The third kappa shape index (κ3) is 2.54. The molecule has 6 heteroatoms. The number of rotatable bonds is 1. The van der Waals surface area contributed by atoms with Crippen LogP contribution in [0, 0.1) is 6.92 Å². The molecule has 0 amide bonds. The first-order chi connectivity index (χ1) is 9.87. The lowest BCUT2D eigenvalue weighted by molar-refractivity contribution is -0.140. The molecule has 0 radical (unpaired) electrons. The molecule has 0 saturated carbocycles. The quantitative estimate of drug-likeness (QED) is 0.807. The fourth-order valence-corrected chi connectivity index (χ4v) is 3.07. The van der Waals surface area contributed by atoms with Gasteiger partial charge in [0, 0.05) is 12.5 Å². The van der Waals surface area contributed by atoms with E-state index in [0.717, 1.165) is 5.56 Å².